The molecule has 0 aliphatic heterocycles. The molecule has 2 unspecified atom stereocenters. The molecule has 6 aromatic rings. The zero-order valence-electron chi connectivity index (χ0n) is 51.0. The van der Waals surface area contributed by atoms with Gasteiger partial charge in [-0.05, 0) is 0 Å². The molecular weight excluding hydrogens is 1030 g/mol. The zero-order chi connectivity index (χ0) is 55.3. The molecule has 0 aromatic heterocycles. The number of hydrogen-bond acceptors (Lipinski definition) is 0. The van der Waals surface area contributed by atoms with Gasteiger partial charge in [0.15, 0.2) is 0 Å². The van der Waals surface area contributed by atoms with Gasteiger partial charge in [-0.3, -0.25) is 0 Å². The Kier molecular flexibility index (Phi) is 16.9. The van der Waals surface area contributed by atoms with E-state index >= 15 is 0 Å². The van der Waals surface area contributed by atoms with Crippen LogP contribution in [0.5, 0.6) is 0 Å². The van der Waals surface area contributed by atoms with Crippen LogP contribution in [0.2, 0.25) is 13.1 Å². The van der Waals surface area contributed by atoms with E-state index in [-0.39, 0.29) is 21.7 Å². The summed E-state index contributed by atoms with van der Waals surface area (Å²) in [7, 11) is 0. The van der Waals surface area contributed by atoms with E-state index in [4.69, 9.17) is 0 Å². The second-order valence-electron chi connectivity index (χ2n) is 29.4. The molecule has 4 aliphatic carbocycles. The Balaban J connectivity index is 1.25. The fourth-order valence-electron chi connectivity index (χ4n) is 14.5. The van der Waals surface area contributed by atoms with Crippen molar-refractivity contribution in [2.45, 2.75) is 215 Å². The van der Waals surface area contributed by atoms with Crippen molar-refractivity contribution in [1.29, 1.82) is 0 Å². The fourth-order valence-corrected chi connectivity index (χ4v) is 37.2. The van der Waals surface area contributed by atoms with Crippen molar-refractivity contribution in [2.75, 3.05) is 0 Å². The molecular formula is C76H97SiZr. The first-order valence-corrected chi connectivity index (χ1v) is 41.1. The Labute approximate surface area is 483 Å². The second-order valence-corrected chi connectivity index (χ2v) is 49.4. The molecule has 2 saturated carbocycles. The van der Waals surface area contributed by atoms with Gasteiger partial charge in [0, 0.05) is 0 Å². The number of hydrogen-bond donors (Lipinski definition) is 0. The average Bonchev–Trinajstić information content (AvgIpc) is 3.69. The third-order valence-corrected chi connectivity index (χ3v) is 40.8. The van der Waals surface area contributed by atoms with Crippen LogP contribution in [0.25, 0.3) is 56.7 Å². The molecule has 409 valence electrons. The second kappa shape index (κ2) is 23.0. The fraction of sp³-hybridized carbons (Fsp3) is 0.474. The van der Waals surface area contributed by atoms with Crippen LogP contribution in [0, 0.1) is 11.8 Å². The molecule has 0 radical (unpaired) electrons. The van der Waals surface area contributed by atoms with Crippen LogP contribution in [-0.2, 0) is 42.6 Å². The number of rotatable bonds is 11. The first-order chi connectivity index (χ1) is 37.0. The van der Waals surface area contributed by atoms with Crippen molar-refractivity contribution in [3.8, 4) is 44.5 Å². The Hall–Kier alpha value is -4.10. The van der Waals surface area contributed by atoms with Gasteiger partial charge in [-0.2, -0.15) is 0 Å². The van der Waals surface area contributed by atoms with E-state index in [2.05, 4.69) is 230 Å². The molecule has 0 saturated heterocycles. The summed E-state index contributed by atoms with van der Waals surface area (Å²) < 4.78 is 1.03. The minimum atomic E-state index is -2.79. The van der Waals surface area contributed by atoms with E-state index in [1.54, 1.807) is 22.3 Å². The first kappa shape index (κ1) is 57.1. The molecule has 4 aliphatic rings. The maximum atomic E-state index is 2.87. The molecule has 2 atom stereocenters. The van der Waals surface area contributed by atoms with Gasteiger partial charge in [0.1, 0.15) is 0 Å². The summed E-state index contributed by atoms with van der Waals surface area (Å²) in [5.41, 5.74) is 27.6. The predicted octanol–water partition coefficient (Wildman–Crippen LogP) is 22.4. The number of allylic oxidation sites excluding steroid dienone is 2. The van der Waals surface area contributed by atoms with Gasteiger partial charge in [0.05, 0.1) is 0 Å². The van der Waals surface area contributed by atoms with E-state index in [0.717, 1.165) is 11.8 Å². The Morgan fingerprint density at radius 2 is 0.603 bits per heavy atom. The quantitative estimate of drug-likeness (QED) is 0.0896. The van der Waals surface area contributed by atoms with Gasteiger partial charge in [0.25, 0.3) is 0 Å². The molecule has 6 aromatic carbocycles. The van der Waals surface area contributed by atoms with Crippen molar-refractivity contribution in [3.63, 3.8) is 0 Å². The Morgan fingerprint density at radius 1 is 0.346 bits per heavy atom. The summed E-state index contributed by atoms with van der Waals surface area (Å²) in [5, 5.41) is 0. The van der Waals surface area contributed by atoms with Crippen LogP contribution < -0.4 is 0 Å². The van der Waals surface area contributed by atoms with Crippen LogP contribution in [0.3, 0.4) is 0 Å². The summed E-state index contributed by atoms with van der Waals surface area (Å²) >= 11 is -2.79. The average molecular weight is 1130 g/mol. The first-order valence-electron chi connectivity index (χ1n) is 31.1. The molecule has 0 N–H and O–H groups in total. The van der Waals surface area contributed by atoms with Crippen LogP contribution in [0.4, 0.5) is 0 Å². The summed E-state index contributed by atoms with van der Waals surface area (Å²) in [6, 6.07) is 49.7. The maximum absolute atomic E-state index is 2.87. The van der Waals surface area contributed by atoms with E-state index in [0.29, 0.717) is 7.25 Å². The summed E-state index contributed by atoms with van der Waals surface area (Å²) in [4.78, 5) is 0. The van der Waals surface area contributed by atoms with E-state index in [1.165, 1.54) is 157 Å². The van der Waals surface area contributed by atoms with Crippen molar-refractivity contribution >= 4 is 18.1 Å². The van der Waals surface area contributed by atoms with Gasteiger partial charge in [-0.15, -0.1) is 0 Å². The van der Waals surface area contributed by atoms with Crippen LogP contribution in [0.1, 0.15) is 225 Å². The van der Waals surface area contributed by atoms with E-state index in [1.807, 2.05) is 11.1 Å². The van der Waals surface area contributed by atoms with Crippen LogP contribution in [0.15, 0.2) is 132 Å². The van der Waals surface area contributed by atoms with E-state index < -0.39 is 26.8 Å². The molecule has 0 nitrogen and oxygen atoms in total. The molecule has 2 fully saturated rings. The number of benzene rings is 6. The monoisotopic (exact) mass is 1130 g/mol. The minimum absolute atomic E-state index is 0.0951. The molecule has 0 heterocycles. The van der Waals surface area contributed by atoms with Gasteiger partial charge in [-0.1, -0.05) is 0 Å². The molecule has 10 rings (SSSR count). The topological polar surface area (TPSA) is 0 Å². The normalized spacial score (nSPS) is 18.8. The third kappa shape index (κ3) is 12.2. The summed E-state index contributed by atoms with van der Waals surface area (Å²) in [6.07, 6.45) is 24.9. The van der Waals surface area contributed by atoms with Crippen molar-refractivity contribution in [3.05, 3.63) is 177 Å². The van der Waals surface area contributed by atoms with Crippen molar-refractivity contribution in [2.24, 2.45) is 11.8 Å². The Morgan fingerprint density at radius 3 is 0.859 bits per heavy atom. The van der Waals surface area contributed by atoms with Gasteiger partial charge in [-0.25, -0.2) is 0 Å². The van der Waals surface area contributed by atoms with Crippen LogP contribution >= 0.6 is 0 Å². The van der Waals surface area contributed by atoms with Gasteiger partial charge >= 0.3 is 487 Å². The van der Waals surface area contributed by atoms with Gasteiger partial charge < -0.3 is 0 Å². The predicted molar refractivity (Wildman–Crippen MR) is 341 cm³/mol. The van der Waals surface area contributed by atoms with Crippen molar-refractivity contribution < 1.29 is 20.9 Å². The molecule has 0 amide bonds. The van der Waals surface area contributed by atoms with Crippen LogP contribution in [-0.4, -0.2) is 5.92 Å². The number of fused-ring (bicyclic) bond motifs is 2. The molecule has 0 bridgehead atoms. The summed E-state index contributed by atoms with van der Waals surface area (Å²) in [5.74, 6) is 0.194. The standard InChI is InChI=1S/2C37H45.C2H7Si.Zr/c2*1-36(2,3)30-17-13-28(14-18-30)32-21-22-33(29-15-19-31(20-16-29)37(4,5)6)35-25-27(24-34(32)35)23-26-11-9-7-8-10-12-26;1-3-2;/h2*13-22,24-26H,7-12,23H2,1-6H3;3H,1-2H3;. The molecule has 2 heteroatoms. The van der Waals surface area contributed by atoms with E-state index in [9.17, 15) is 0 Å². The summed E-state index contributed by atoms with van der Waals surface area (Å²) in [6.45, 7) is 34.0. The molecule has 78 heavy (non-hydrogen) atoms. The molecule has 0 spiro atoms. The Bertz CT molecular complexity index is 2890. The van der Waals surface area contributed by atoms with Crippen molar-refractivity contribution in [1.82, 2.24) is 0 Å². The SMILES string of the molecule is C[SiH](C)[Zr]([CH]1C(CC2CCCCCC2)=Cc2c(-c3ccc(C(C)(C)C)cc3)ccc(-c3ccc(C(C)(C)C)cc3)c21)[CH]1C(CC2CCCCCC2)=Cc2c(-c3ccc(C(C)(C)C)cc3)ccc(-c3ccc(C(C)(C)C)cc3)c21. The zero-order valence-corrected chi connectivity index (χ0v) is 54.6. The third-order valence-electron chi connectivity index (χ3n) is 19.1. The van der Waals surface area contributed by atoms with Gasteiger partial charge in [0.2, 0.25) is 0 Å².